The summed E-state index contributed by atoms with van der Waals surface area (Å²) < 4.78 is 5.38. The molecular formula is C15H21N3O. The van der Waals surface area contributed by atoms with E-state index < -0.39 is 0 Å². The molecule has 19 heavy (non-hydrogen) atoms. The fourth-order valence-corrected chi connectivity index (χ4v) is 1.90. The van der Waals surface area contributed by atoms with Gasteiger partial charge in [-0.2, -0.15) is 5.10 Å². The number of nitrogens with two attached hydrogens (primary N) is 1. The van der Waals surface area contributed by atoms with Crippen molar-refractivity contribution in [3.8, 4) is 5.75 Å². The van der Waals surface area contributed by atoms with Crippen molar-refractivity contribution in [2.75, 3.05) is 20.2 Å². The van der Waals surface area contributed by atoms with Gasteiger partial charge in [0.2, 0.25) is 0 Å². The highest BCUT2D eigenvalue weighted by molar-refractivity contribution is 5.80. The SMILES string of the molecule is C=CCN(CC=C)Cc1cc(C=NN)ccc1OC. The number of methoxy groups -OCH3 is 1. The minimum absolute atomic E-state index is 0.757. The van der Waals surface area contributed by atoms with E-state index in [1.54, 1.807) is 13.3 Å². The van der Waals surface area contributed by atoms with Gasteiger partial charge < -0.3 is 10.6 Å². The Kier molecular flexibility index (Phi) is 6.39. The summed E-state index contributed by atoms with van der Waals surface area (Å²) in [6.45, 7) is 9.89. The Bertz CT molecular complexity index is 445. The van der Waals surface area contributed by atoms with Crippen molar-refractivity contribution in [1.29, 1.82) is 0 Å². The number of nitrogens with zero attached hydrogens (tertiary/aromatic N) is 2. The van der Waals surface area contributed by atoms with Crippen LogP contribution < -0.4 is 10.6 Å². The van der Waals surface area contributed by atoms with Gasteiger partial charge in [-0.05, 0) is 23.8 Å². The van der Waals surface area contributed by atoms with Crippen LogP contribution in [0.3, 0.4) is 0 Å². The van der Waals surface area contributed by atoms with Gasteiger partial charge in [0.1, 0.15) is 5.75 Å². The molecule has 4 nitrogen and oxygen atoms in total. The zero-order valence-electron chi connectivity index (χ0n) is 11.4. The summed E-state index contributed by atoms with van der Waals surface area (Å²) in [6, 6.07) is 5.87. The third-order valence-corrected chi connectivity index (χ3v) is 2.70. The average Bonchev–Trinajstić information content (AvgIpc) is 2.40. The topological polar surface area (TPSA) is 50.8 Å². The Balaban J connectivity index is 2.97. The maximum atomic E-state index is 5.38. The summed E-state index contributed by atoms with van der Waals surface area (Å²) >= 11 is 0. The Morgan fingerprint density at radius 2 is 2.00 bits per heavy atom. The largest absolute Gasteiger partial charge is 0.496 e. The first-order valence-corrected chi connectivity index (χ1v) is 6.09. The lowest BCUT2D eigenvalue weighted by atomic mass is 10.1. The third-order valence-electron chi connectivity index (χ3n) is 2.70. The van der Waals surface area contributed by atoms with Crippen molar-refractivity contribution >= 4 is 6.21 Å². The monoisotopic (exact) mass is 259 g/mol. The smallest absolute Gasteiger partial charge is 0.123 e. The molecule has 1 aromatic carbocycles. The zero-order chi connectivity index (χ0) is 14.1. The molecule has 0 atom stereocenters. The molecule has 0 fully saturated rings. The fraction of sp³-hybridized carbons (Fsp3) is 0.267. The van der Waals surface area contributed by atoms with Crippen molar-refractivity contribution in [3.63, 3.8) is 0 Å². The lowest BCUT2D eigenvalue weighted by Crippen LogP contribution is -2.23. The van der Waals surface area contributed by atoms with E-state index in [1.165, 1.54) is 0 Å². The number of ether oxygens (including phenoxy) is 1. The minimum atomic E-state index is 0.757. The summed E-state index contributed by atoms with van der Waals surface area (Å²) in [5.41, 5.74) is 2.04. The first-order chi connectivity index (χ1) is 9.24. The molecule has 0 saturated heterocycles. The van der Waals surface area contributed by atoms with Gasteiger partial charge in [0, 0.05) is 25.2 Å². The van der Waals surface area contributed by atoms with E-state index in [4.69, 9.17) is 10.6 Å². The van der Waals surface area contributed by atoms with Crippen LogP contribution >= 0.6 is 0 Å². The number of rotatable bonds is 8. The van der Waals surface area contributed by atoms with Gasteiger partial charge in [-0.15, -0.1) is 13.2 Å². The first-order valence-electron chi connectivity index (χ1n) is 6.09. The Morgan fingerprint density at radius 1 is 1.32 bits per heavy atom. The molecule has 102 valence electrons. The highest BCUT2D eigenvalue weighted by atomic mass is 16.5. The molecule has 0 radical (unpaired) electrons. The predicted octanol–water partition coefficient (Wildman–Crippen LogP) is 2.16. The van der Waals surface area contributed by atoms with Gasteiger partial charge in [0.05, 0.1) is 13.3 Å². The van der Waals surface area contributed by atoms with Crippen LogP contribution in [-0.4, -0.2) is 31.3 Å². The van der Waals surface area contributed by atoms with Crippen molar-refractivity contribution in [2.45, 2.75) is 6.54 Å². The van der Waals surface area contributed by atoms with Crippen molar-refractivity contribution < 1.29 is 4.74 Å². The fourth-order valence-electron chi connectivity index (χ4n) is 1.90. The molecule has 0 heterocycles. The van der Waals surface area contributed by atoms with Crippen LogP contribution in [0.15, 0.2) is 48.6 Å². The summed E-state index contributed by atoms with van der Waals surface area (Å²) in [5.74, 6) is 6.03. The van der Waals surface area contributed by atoms with Crippen LogP contribution in [0.1, 0.15) is 11.1 Å². The normalized spacial score (nSPS) is 10.8. The molecule has 0 aliphatic heterocycles. The highest BCUT2D eigenvalue weighted by Crippen LogP contribution is 2.21. The average molecular weight is 259 g/mol. The third kappa shape index (κ3) is 4.60. The lowest BCUT2D eigenvalue weighted by molar-refractivity contribution is 0.317. The van der Waals surface area contributed by atoms with Crippen LogP contribution in [0.5, 0.6) is 5.75 Å². The molecule has 0 spiro atoms. The second-order valence-electron chi connectivity index (χ2n) is 4.12. The maximum Gasteiger partial charge on any atom is 0.123 e. The predicted molar refractivity (Wildman–Crippen MR) is 80.4 cm³/mol. The van der Waals surface area contributed by atoms with E-state index in [0.717, 1.165) is 36.5 Å². The second-order valence-corrected chi connectivity index (χ2v) is 4.12. The Hall–Kier alpha value is -2.07. The quantitative estimate of drug-likeness (QED) is 0.337. The van der Waals surface area contributed by atoms with Crippen LogP contribution in [0.25, 0.3) is 0 Å². The van der Waals surface area contributed by atoms with Gasteiger partial charge in [0.15, 0.2) is 0 Å². The Labute approximate surface area is 114 Å². The summed E-state index contributed by atoms with van der Waals surface area (Å²) in [7, 11) is 1.67. The van der Waals surface area contributed by atoms with Crippen LogP contribution in [0.2, 0.25) is 0 Å². The number of hydrogen-bond donors (Lipinski definition) is 1. The van der Waals surface area contributed by atoms with Gasteiger partial charge in [0.25, 0.3) is 0 Å². The molecule has 0 bridgehead atoms. The minimum Gasteiger partial charge on any atom is -0.496 e. The molecular weight excluding hydrogens is 238 g/mol. The molecule has 0 aromatic heterocycles. The van der Waals surface area contributed by atoms with Crippen LogP contribution in [-0.2, 0) is 6.54 Å². The van der Waals surface area contributed by atoms with Gasteiger partial charge >= 0.3 is 0 Å². The summed E-state index contributed by atoms with van der Waals surface area (Å²) in [6.07, 6.45) is 5.37. The van der Waals surface area contributed by atoms with Crippen LogP contribution in [0, 0.1) is 0 Å². The van der Waals surface area contributed by atoms with Crippen molar-refractivity contribution in [3.05, 3.63) is 54.6 Å². The zero-order valence-corrected chi connectivity index (χ0v) is 11.4. The first kappa shape index (κ1) is 15.0. The van der Waals surface area contributed by atoms with Crippen LogP contribution in [0.4, 0.5) is 0 Å². The highest BCUT2D eigenvalue weighted by Gasteiger charge is 2.08. The van der Waals surface area contributed by atoms with Gasteiger partial charge in [-0.25, -0.2) is 0 Å². The number of hydrazone groups is 1. The molecule has 1 rings (SSSR count). The van der Waals surface area contributed by atoms with E-state index in [0.29, 0.717) is 0 Å². The second kappa shape index (κ2) is 8.11. The van der Waals surface area contributed by atoms with Gasteiger partial charge in [-0.3, -0.25) is 4.90 Å². The molecule has 0 unspecified atom stereocenters. The van der Waals surface area contributed by atoms with Gasteiger partial charge in [-0.1, -0.05) is 12.2 Å². The molecule has 2 N–H and O–H groups in total. The maximum absolute atomic E-state index is 5.38. The number of benzene rings is 1. The Morgan fingerprint density at radius 3 is 2.53 bits per heavy atom. The molecule has 0 saturated carbocycles. The van der Waals surface area contributed by atoms with Crippen molar-refractivity contribution in [2.24, 2.45) is 10.9 Å². The summed E-state index contributed by atoms with van der Waals surface area (Å²) in [4.78, 5) is 2.21. The molecule has 0 aliphatic rings. The molecule has 0 amide bonds. The molecule has 0 aliphatic carbocycles. The number of hydrogen-bond acceptors (Lipinski definition) is 4. The molecule has 4 heteroatoms. The van der Waals surface area contributed by atoms with E-state index in [2.05, 4.69) is 23.2 Å². The molecule has 1 aromatic rings. The summed E-state index contributed by atoms with van der Waals surface area (Å²) in [5, 5.41) is 3.54. The van der Waals surface area contributed by atoms with E-state index >= 15 is 0 Å². The van der Waals surface area contributed by atoms with E-state index in [-0.39, 0.29) is 0 Å². The standard InChI is InChI=1S/C15H21N3O/c1-4-8-18(9-5-2)12-14-10-13(11-17-16)6-7-15(14)19-3/h4-7,10-11H,1-2,8-9,12,16H2,3H3. The van der Waals surface area contributed by atoms with E-state index in [9.17, 15) is 0 Å². The lowest BCUT2D eigenvalue weighted by Gasteiger charge is -2.20. The van der Waals surface area contributed by atoms with Crippen molar-refractivity contribution in [1.82, 2.24) is 4.90 Å². The van der Waals surface area contributed by atoms with E-state index in [1.807, 2.05) is 30.4 Å².